The Kier molecular flexibility index (Phi) is 7.05. The number of nitrogens with one attached hydrogen (secondary N) is 1. The van der Waals surface area contributed by atoms with Gasteiger partial charge in [0.2, 0.25) is 11.7 Å². The molecule has 10 nitrogen and oxygen atoms in total. The minimum absolute atomic E-state index is 0.00546. The second-order valence-electron chi connectivity index (χ2n) is 9.53. The smallest absolute Gasteiger partial charge is 0.251 e. The molecular formula is C26H27FN6O4. The van der Waals surface area contributed by atoms with Crippen LogP contribution in [0.2, 0.25) is 0 Å². The van der Waals surface area contributed by atoms with Gasteiger partial charge in [-0.3, -0.25) is 14.5 Å². The van der Waals surface area contributed by atoms with E-state index in [-0.39, 0.29) is 23.8 Å². The Balaban J connectivity index is 1.74. The summed E-state index contributed by atoms with van der Waals surface area (Å²) in [6.07, 6.45) is 0. The van der Waals surface area contributed by atoms with Gasteiger partial charge < -0.3 is 14.8 Å². The van der Waals surface area contributed by atoms with Crippen LogP contribution in [0.1, 0.15) is 38.1 Å². The number of phenolic OH excluding ortho intramolecular Hbond substituents is 1. The molecule has 1 unspecified atom stereocenters. The van der Waals surface area contributed by atoms with Gasteiger partial charge in [-0.15, -0.1) is 10.2 Å². The molecule has 11 heteroatoms. The van der Waals surface area contributed by atoms with Gasteiger partial charge in [-0.25, -0.2) is 4.39 Å². The molecule has 2 amide bonds. The summed E-state index contributed by atoms with van der Waals surface area (Å²) in [5.41, 5.74) is 0.124. The van der Waals surface area contributed by atoms with E-state index in [1.54, 1.807) is 31.2 Å². The number of amides is 2. The van der Waals surface area contributed by atoms with Crippen molar-refractivity contribution in [2.75, 3.05) is 4.90 Å². The lowest BCUT2D eigenvalue weighted by Crippen LogP contribution is -2.50. The normalized spacial score (nSPS) is 12.2. The predicted molar refractivity (Wildman–Crippen MR) is 133 cm³/mol. The molecule has 2 aromatic carbocycles. The lowest BCUT2D eigenvalue weighted by atomic mass is 10.0. The van der Waals surface area contributed by atoms with Crippen LogP contribution in [0.15, 0.2) is 65.1 Å². The van der Waals surface area contributed by atoms with Crippen LogP contribution < -0.4 is 10.2 Å². The van der Waals surface area contributed by atoms with Gasteiger partial charge in [-0.2, -0.15) is 4.80 Å². The fourth-order valence-electron chi connectivity index (χ4n) is 3.71. The first-order chi connectivity index (χ1) is 17.5. The number of aromatic nitrogens is 4. The number of phenols is 1. The zero-order valence-corrected chi connectivity index (χ0v) is 20.8. The SMILES string of the molecule is Cc1ccc(-c2nnn(CC(=O)N(c3ccc(F)cc3)C(C(=O)NC(C)(C)C)c3ccc(O)cc3)n2)o1. The molecule has 2 aromatic heterocycles. The van der Waals surface area contributed by atoms with Crippen molar-refractivity contribution in [3.05, 3.63) is 77.8 Å². The Morgan fingerprint density at radius 3 is 2.35 bits per heavy atom. The summed E-state index contributed by atoms with van der Waals surface area (Å²) in [5, 5.41) is 24.8. The third-order valence-electron chi connectivity index (χ3n) is 5.28. The molecule has 2 N–H and O–H groups in total. The van der Waals surface area contributed by atoms with Crippen molar-refractivity contribution in [1.82, 2.24) is 25.5 Å². The van der Waals surface area contributed by atoms with Crippen LogP contribution in [0, 0.1) is 12.7 Å². The number of benzene rings is 2. The van der Waals surface area contributed by atoms with Crippen molar-refractivity contribution in [3.8, 4) is 17.3 Å². The second kappa shape index (κ2) is 10.2. The highest BCUT2D eigenvalue weighted by atomic mass is 19.1. The van der Waals surface area contributed by atoms with Gasteiger partial charge in [0.05, 0.1) is 0 Å². The Bertz CT molecular complexity index is 1390. The summed E-state index contributed by atoms with van der Waals surface area (Å²) in [6, 6.07) is 13.5. The molecule has 0 aliphatic heterocycles. The number of carbonyl (C=O) groups is 2. The zero-order valence-electron chi connectivity index (χ0n) is 20.8. The Morgan fingerprint density at radius 1 is 1.08 bits per heavy atom. The monoisotopic (exact) mass is 506 g/mol. The number of hydrogen-bond donors (Lipinski definition) is 2. The number of furan rings is 1. The van der Waals surface area contributed by atoms with Crippen molar-refractivity contribution in [2.24, 2.45) is 0 Å². The number of hydrogen-bond acceptors (Lipinski definition) is 7. The van der Waals surface area contributed by atoms with Gasteiger partial charge >= 0.3 is 0 Å². The average molecular weight is 507 g/mol. The third-order valence-corrected chi connectivity index (χ3v) is 5.28. The maximum absolute atomic E-state index is 13.8. The largest absolute Gasteiger partial charge is 0.508 e. The highest BCUT2D eigenvalue weighted by Gasteiger charge is 2.35. The molecule has 4 rings (SSSR count). The van der Waals surface area contributed by atoms with E-state index in [2.05, 4.69) is 20.7 Å². The van der Waals surface area contributed by atoms with Crippen LogP contribution in [-0.2, 0) is 16.1 Å². The molecule has 0 bridgehead atoms. The van der Waals surface area contributed by atoms with Crippen molar-refractivity contribution < 1.29 is 23.5 Å². The van der Waals surface area contributed by atoms with Gasteiger partial charge in [0.15, 0.2) is 5.76 Å². The number of halogens is 1. The second-order valence-corrected chi connectivity index (χ2v) is 9.53. The lowest BCUT2D eigenvalue weighted by molar-refractivity contribution is -0.128. The summed E-state index contributed by atoms with van der Waals surface area (Å²) in [7, 11) is 0. The highest BCUT2D eigenvalue weighted by Crippen LogP contribution is 2.30. The molecule has 0 aliphatic rings. The van der Waals surface area contributed by atoms with Crippen LogP contribution in [0.3, 0.4) is 0 Å². The van der Waals surface area contributed by atoms with Gasteiger partial charge in [0, 0.05) is 11.2 Å². The molecule has 4 aromatic rings. The van der Waals surface area contributed by atoms with Crippen molar-refractivity contribution in [3.63, 3.8) is 0 Å². The van der Waals surface area contributed by atoms with E-state index in [0.717, 1.165) is 4.80 Å². The van der Waals surface area contributed by atoms with Crippen LogP contribution in [-0.4, -0.2) is 42.7 Å². The van der Waals surface area contributed by atoms with Crippen LogP contribution >= 0.6 is 0 Å². The van der Waals surface area contributed by atoms with Crippen LogP contribution in [0.25, 0.3) is 11.6 Å². The first-order valence-electron chi connectivity index (χ1n) is 11.5. The van der Waals surface area contributed by atoms with E-state index in [0.29, 0.717) is 17.1 Å². The van der Waals surface area contributed by atoms with Crippen LogP contribution in [0.4, 0.5) is 10.1 Å². The summed E-state index contributed by atoms with van der Waals surface area (Å²) < 4.78 is 19.3. The molecule has 37 heavy (non-hydrogen) atoms. The number of carbonyl (C=O) groups excluding carboxylic acids is 2. The fraction of sp³-hybridized carbons (Fsp3) is 0.269. The minimum atomic E-state index is -1.14. The van der Waals surface area contributed by atoms with Crippen molar-refractivity contribution in [2.45, 2.75) is 45.8 Å². The van der Waals surface area contributed by atoms with Crippen molar-refractivity contribution in [1.29, 1.82) is 0 Å². The van der Waals surface area contributed by atoms with E-state index in [1.807, 2.05) is 20.8 Å². The maximum Gasteiger partial charge on any atom is 0.251 e. The van der Waals surface area contributed by atoms with Gasteiger partial charge in [-0.1, -0.05) is 12.1 Å². The van der Waals surface area contributed by atoms with Crippen LogP contribution in [0.5, 0.6) is 5.75 Å². The molecular weight excluding hydrogens is 479 g/mol. The first kappa shape index (κ1) is 25.5. The highest BCUT2D eigenvalue weighted by molar-refractivity contribution is 6.01. The Morgan fingerprint density at radius 2 is 1.76 bits per heavy atom. The van der Waals surface area contributed by atoms with Gasteiger partial charge in [-0.05, 0) is 87.0 Å². The molecule has 1 atom stereocenters. The number of rotatable bonds is 7. The van der Waals surface area contributed by atoms with E-state index in [1.165, 1.54) is 41.3 Å². The quantitative estimate of drug-likeness (QED) is 0.391. The topological polar surface area (TPSA) is 126 Å². The molecule has 0 spiro atoms. The fourth-order valence-corrected chi connectivity index (χ4v) is 3.71. The average Bonchev–Trinajstić information content (AvgIpc) is 3.46. The third kappa shape index (κ3) is 6.18. The molecule has 0 saturated heterocycles. The summed E-state index contributed by atoms with van der Waals surface area (Å²) in [5.74, 6) is -0.222. The number of nitrogens with zero attached hydrogens (tertiary/aromatic N) is 5. The molecule has 0 radical (unpaired) electrons. The van der Waals surface area contributed by atoms with Gasteiger partial charge in [0.25, 0.3) is 5.91 Å². The summed E-state index contributed by atoms with van der Waals surface area (Å²) >= 11 is 0. The molecule has 2 heterocycles. The minimum Gasteiger partial charge on any atom is -0.508 e. The molecule has 192 valence electrons. The molecule has 0 fully saturated rings. The number of tetrazole rings is 1. The Labute approximate surface area is 212 Å². The zero-order chi connectivity index (χ0) is 26.7. The summed E-state index contributed by atoms with van der Waals surface area (Å²) in [6.45, 7) is 6.88. The predicted octanol–water partition coefficient (Wildman–Crippen LogP) is 3.78. The number of anilines is 1. The standard InChI is InChI=1S/C26H27FN6O4/c1-16-5-14-21(37-16)24-29-31-32(30-24)15-22(35)33(19-10-8-18(27)9-11-19)23(25(36)28-26(2,3)4)17-6-12-20(34)13-7-17/h5-14,23,34H,15H2,1-4H3,(H,28,36). The molecule has 0 saturated carbocycles. The lowest BCUT2D eigenvalue weighted by Gasteiger charge is -2.33. The van der Waals surface area contributed by atoms with E-state index in [9.17, 15) is 19.1 Å². The van der Waals surface area contributed by atoms with Gasteiger partial charge in [0.1, 0.15) is 29.9 Å². The number of aromatic hydroxyl groups is 1. The summed E-state index contributed by atoms with van der Waals surface area (Å²) in [4.78, 5) is 29.7. The van der Waals surface area contributed by atoms with E-state index >= 15 is 0 Å². The number of aryl methyl sites for hydroxylation is 1. The Hall–Kier alpha value is -4.54. The first-order valence-corrected chi connectivity index (χ1v) is 11.5. The van der Waals surface area contributed by atoms with E-state index in [4.69, 9.17) is 4.42 Å². The molecule has 0 aliphatic carbocycles. The maximum atomic E-state index is 13.8. The van der Waals surface area contributed by atoms with Crippen molar-refractivity contribution >= 4 is 17.5 Å². The van der Waals surface area contributed by atoms with E-state index < -0.39 is 29.2 Å².